The Hall–Kier alpha value is -4.55. The number of aryl methyl sites for hydroxylation is 2. The largest absolute Gasteiger partial charge is 0.480 e. The molecule has 0 unspecified atom stereocenters. The van der Waals surface area contributed by atoms with Gasteiger partial charge in [-0.2, -0.15) is 18.2 Å². The number of rotatable bonds is 7. The summed E-state index contributed by atoms with van der Waals surface area (Å²) in [5.74, 6) is 1.58. The van der Waals surface area contributed by atoms with E-state index in [1.165, 1.54) is 22.6 Å². The van der Waals surface area contributed by atoms with Crippen LogP contribution in [0.15, 0.2) is 47.8 Å². The standard InChI is InChI=1S/C27H25F3N8O2/c1-4-36-13-19(27(28,29)30)33-23(36)18-7-5-16(6-8-18)12-37-25(39)15(2)11-38-26(37)34-22(35-38)20-21(17-9-10-17)31-14-32-24(20)40-3/h5-8,11,13-14,17H,4,9-10,12H2,1-3H3. The Balaban J connectivity index is 1.38. The smallest absolute Gasteiger partial charge is 0.434 e. The van der Waals surface area contributed by atoms with Crippen LogP contribution < -0.4 is 10.3 Å². The van der Waals surface area contributed by atoms with E-state index in [0.717, 1.165) is 30.3 Å². The molecule has 0 saturated heterocycles. The number of methoxy groups -OCH3 is 1. The number of aromatic nitrogens is 8. The van der Waals surface area contributed by atoms with Crippen LogP contribution in [0.2, 0.25) is 0 Å². The number of hydrogen-bond donors (Lipinski definition) is 0. The Labute approximate surface area is 226 Å². The van der Waals surface area contributed by atoms with Crippen molar-refractivity contribution in [2.45, 2.75) is 51.9 Å². The fourth-order valence-electron chi connectivity index (χ4n) is 4.76. The van der Waals surface area contributed by atoms with Crippen LogP contribution in [0, 0.1) is 6.92 Å². The van der Waals surface area contributed by atoms with Crippen LogP contribution in [0.5, 0.6) is 5.88 Å². The summed E-state index contributed by atoms with van der Waals surface area (Å²) in [5, 5.41) is 4.64. The van der Waals surface area contributed by atoms with Gasteiger partial charge in [0.15, 0.2) is 11.5 Å². The van der Waals surface area contributed by atoms with E-state index in [0.29, 0.717) is 40.7 Å². The summed E-state index contributed by atoms with van der Waals surface area (Å²) < 4.78 is 49.7. The minimum absolute atomic E-state index is 0.177. The van der Waals surface area contributed by atoms with Gasteiger partial charge in [0, 0.05) is 36.0 Å². The summed E-state index contributed by atoms with van der Waals surface area (Å²) in [6, 6.07) is 6.93. The summed E-state index contributed by atoms with van der Waals surface area (Å²) in [6.45, 7) is 3.97. The Morgan fingerprint density at radius 1 is 1.07 bits per heavy atom. The van der Waals surface area contributed by atoms with Gasteiger partial charge in [-0.25, -0.2) is 19.5 Å². The molecule has 40 heavy (non-hydrogen) atoms. The van der Waals surface area contributed by atoms with Gasteiger partial charge in [0.25, 0.3) is 5.56 Å². The molecule has 1 aromatic carbocycles. The van der Waals surface area contributed by atoms with Gasteiger partial charge in [-0.15, -0.1) is 5.10 Å². The normalized spacial score (nSPS) is 13.8. The molecule has 1 aliphatic carbocycles. The predicted octanol–water partition coefficient (Wildman–Crippen LogP) is 4.49. The highest BCUT2D eigenvalue weighted by Gasteiger charge is 2.35. The van der Waals surface area contributed by atoms with Gasteiger partial charge >= 0.3 is 6.18 Å². The number of halogens is 3. The molecule has 206 valence electrons. The van der Waals surface area contributed by atoms with Gasteiger partial charge < -0.3 is 9.30 Å². The topological polar surface area (TPSA) is 105 Å². The maximum absolute atomic E-state index is 13.2. The van der Waals surface area contributed by atoms with E-state index in [1.54, 1.807) is 48.8 Å². The van der Waals surface area contributed by atoms with Crippen LogP contribution in [0.4, 0.5) is 13.2 Å². The highest BCUT2D eigenvalue weighted by Crippen LogP contribution is 2.44. The predicted molar refractivity (Wildman–Crippen MR) is 139 cm³/mol. The van der Waals surface area contributed by atoms with Crippen molar-refractivity contribution in [3.05, 3.63) is 75.9 Å². The van der Waals surface area contributed by atoms with E-state index in [-0.39, 0.29) is 23.8 Å². The minimum atomic E-state index is -4.53. The number of hydrogen-bond acceptors (Lipinski definition) is 7. The van der Waals surface area contributed by atoms with Crippen molar-refractivity contribution < 1.29 is 17.9 Å². The Morgan fingerprint density at radius 3 is 2.48 bits per heavy atom. The molecule has 0 amide bonds. The highest BCUT2D eigenvalue weighted by molar-refractivity contribution is 5.67. The van der Waals surface area contributed by atoms with Crippen LogP contribution in [0.1, 0.15) is 48.2 Å². The molecule has 1 aliphatic rings. The molecule has 0 atom stereocenters. The first-order valence-electron chi connectivity index (χ1n) is 12.8. The molecule has 0 radical (unpaired) electrons. The number of alkyl halides is 3. The third-order valence-corrected chi connectivity index (χ3v) is 6.94. The molecule has 13 heteroatoms. The molecule has 4 aromatic heterocycles. The Bertz CT molecular complexity index is 1780. The van der Waals surface area contributed by atoms with Gasteiger partial charge in [0.1, 0.15) is 17.7 Å². The second-order valence-electron chi connectivity index (χ2n) is 9.73. The maximum Gasteiger partial charge on any atom is 0.434 e. The zero-order valence-electron chi connectivity index (χ0n) is 22.0. The average Bonchev–Trinajstić information content (AvgIpc) is 3.55. The van der Waals surface area contributed by atoms with E-state index < -0.39 is 11.9 Å². The van der Waals surface area contributed by atoms with Gasteiger partial charge in [0.05, 0.1) is 19.3 Å². The van der Waals surface area contributed by atoms with Crippen molar-refractivity contribution in [2.24, 2.45) is 0 Å². The Morgan fingerprint density at radius 2 is 1.82 bits per heavy atom. The summed E-state index contributed by atoms with van der Waals surface area (Å²) in [5.41, 5.74) is 2.04. The molecule has 0 N–H and O–H groups in total. The number of benzene rings is 1. The number of fused-ring (bicyclic) bond motifs is 1. The molecule has 6 rings (SSSR count). The monoisotopic (exact) mass is 550 g/mol. The van der Waals surface area contributed by atoms with Gasteiger partial charge in [-0.05, 0) is 32.3 Å². The van der Waals surface area contributed by atoms with Gasteiger partial charge in [-0.3, -0.25) is 9.36 Å². The van der Waals surface area contributed by atoms with Gasteiger partial charge in [0.2, 0.25) is 11.7 Å². The van der Waals surface area contributed by atoms with Crippen molar-refractivity contribution in [1.29, 1.82) is 0 Å². The highest BCUT2D eigenvalue weighted by atomic mass is 19.4. The first kappa shape index (κ1) is 25.7. The molecule has 0 spiro atoms. The van der Waals surface area contributed by atoms with Crippen LogP contribution in [-0.4, -0.2) is 45.8 Å². The van der Waals surface area contributed by atoms with Crippen LogP contribution in [0.25, 0.3) is 28.6 Å². The van der Waals surface area contributed by atoms with Crippen LogP contribution in [-0.2, 0) is 19.3 Å². The van der Waals surface area contributed by atoms with Crippen LogP contribution in [0.3, 0.4) is 0 Å². The minimum Gasteiger partial charge on any atom is -0.480 e. The van der Waals surface area contributed by atoms with Crippen LogP contribution >= 0.6 is 0 Å². The molecule has 0 bridgehead atoms. The summed E-state index contributed by atoms with van der Waals surface area (Å²) in [7, 11) is 1.53. The third-order valence-electron chi connectivity index (χ3n) is 6.94. The average molecular weight is 551 g/mol. The molecular formula is C27H25F3N8O2. The summed E-state index contributed by atoms with van der Waals surface area (Å²) in [6.07, 6.45) is 1.60. The second kappa shape index (κ2) is 9.57. The van der Waals surface area contributed by atoms with E-state index in [9.17, 15) is 18.0 Å². The third kappa shape index (κ3) is 4.50. The zero-order valence-corrected chi connectivity index (χ0v) is 22.0. The molecule has 0 aliphatic heterocycles. The molecule has 1 fully saturated rings. The lowest BCUT2D eigenvalue weighted by Gasteiger charge is -2.10. The van der Waals surface area contributed by atoms with E-state index in [4.69, 9.17) is 9.72 Å². The molecule has 4 heterocycles. The van der Waals surface area contributed by atoms with E-state index in [1.807, 2.05) is 0 Å². The first-order chi connectivity index (χ1) is 19.2. The summed E-state index contributed by atoms with van der Waals surface area (Å²) >= 11 is 0. The van der Waals surface area contributed by atoms with Crippen molar-refractivity contribution in [2.75, 3.05) is 7.11 Å². The quantitative estimate of drug-likeness (QED) is 0.294. The lowest BCUT2D eigenvalue weighted by atomic mass is 10.1. The first-order valence-corrected chi connectivity index (χ1v) is 12.8. The van der Waals surface area contributed by atoms with Crippen molar-refractivity contribution in [1.82, 2.24) is 38.7 Å². The molecule has 10 nitrogen and oxygen atoms in total. The lowest BCUT2D eigenvalue weighted by Crippen LogP contribution is -2.25. The second-order valence-corrected chi connectivity index (χ2v) is 9.73. The van der Waals surface area contributed by atoms with E-state index >= 15 is 0 Å². The number of nitrogens with zero attached hydrogens (tertiary/aromatic N) is 8. The molecular weight excluding hydrogens is 525 g/mol. The molecule has 1 saturated carbocycles. The lowest BCUT2D eigenvalue weighted by molar-refractivity contribution is -0.140. The molecule has 5 aromatic rings. The maximum atomic E-state index is 13.2. The fraction of sp³-hybridized carbons (Fsp3) is 0.333. The number of ether oxygens (including phenoxy) is 1. The van der Waals surface area contributed by atoms with Crippen molar-refractivity contribution in [3.8, 4) is 28.7 Å². The van der Waals surface area contributed by atoms with E-state index in [2.05, 4.69) is 20.1 Å². The van der Waals surface area contributed by atoms with Crippen molar-refractivity contribution >= 4 is 5.78 Å². The fourth-order valence-corrected chi connectivity index (χ4v) is 4.76. The number of imidazole rings is 1. The SMILES string of the molecule is CCn1cc(C(F)(F)F)nc1-c1ccc(Cn2c(=O)c(C)cn3nc(-c4c(OC)ncnc4C4CC4)nc23)cc1. The van der Waals surface area contributed by atoms with Gasteiger partial charge in [-0.1, -0.05) is 24.3 Å². The Kier molecular flexibility index (Phi) is 6.15. The summed E-state index contributed by atoms with van der Waals surface area (Å²) in [4.78, 5) is 30.4. The zero-order chi connectivity index (χ0) is 28.2. The van der Waals surface area contributed by atoms with Crippen molar-refractivity contribution in [3.63, 3.8) is 0 Å².